The highest BCUT2D eigenvalue weighted by Crippen LogP contribution is 2.37. The monoisotopic (exact) mass is 299 g/mol. The lowest BCUT2D eigenvalue weighted by molar-refractivity contribution is -0.0686. The average Bonchev–Trinajstić information content (AvgIpc) is 2.53. The van der Waals surface area contributed by atoms with Crippen LogP contribution in [0.15, 0.2) is 67.4 Å². The maximum absolute atomic E-state index is 13.0. The maximum Gasteiger partial charge on any atom is 0.416 e. The fourth-order valence-electron chi connectivity index (χ4n) is 2.37. The third-order valence-electron chi connectivity index (χ3n) is 3.50. The highest BCUT2D eigenvalue weighted by atomic mass is 19.4. The first-order chi connectivity index (χ1) is 10.5. The Morgan fingerprint density at radius 3 is 2.41 bits per heavy atom. The van der Waals surface area contributed by atoms with Gasteiger partial charge in [-0.1, -0.05) is 49.0 Å². The van der Waals surface area contributed by atoms with Gasteiger partial charge in [0.25, 0.3) is 0 Å². The van der Waals surface area contributed by atoms with E-state index in [0.717, 1.165) is 10.9 Å². The standard InChI is InChI=1S/C18H12F3N/c1-12(18(19,20)21)15-7-3-4-8-16(15)14-10-13-6-2-5-9-17(13)22-11-14/h2-11H,1H2. The Bertz CT molecular complexity index is 850. The molecule has 0 amide bonds. The molecule has 1 nitrogen and oxygen atoms in total. The van der Waals surface area contributed by atoms with Crippen LogP contribution >= 0.6 is 0 Å². The predicted molar refractivity (Wildman–Crippen MR) is 82.3 cm³/mol. The van der Waals surface area contributed by atoms with Crippen LogP contribution in [-0.4, -0.2) is 11.2 Å². The number of aromatic nitrogens is 1. The van der Waals surface area contributed by atoms with Crippen LogP contribution in [0.5, 0.6) is 0 Å². The fourth-order valence-corrected chi connectivity index (χ4v) is 2.37. The average molecular weight is 299 g/mol. The Hall–Kier alpha value is -2.62. The lowest BCUT2D eigenvalue weighted by atomic mass is 9.95. The zero-order valence-corrected chi connectivity index (χ0v) is 11.6. The fraction of sp³-hybridized carbons (Fsp3) is 0.0556. The van der Waals surface area contributed by atoms with Crippen molar-refractivity contribution < 1.29 is 13.2 Å². The van der Waals surface area contributed by atoms with Gasteiger partial charge in [0.1, 0.15) is 0 Å². The van der Waals surface area contributed by atoms with E-state index in [1.165, 1.54) is 6.07 Å². The Morgan fingerprint density at radius 1 is 0.955 bits per heavy atom. The number of benzene rings is 2. The van der Waals surface area contributed by atoms with Crippen LogP contribution in [0, 0.1) is 0 Å². The first-order valence-corrected chi connectivity index (χ1v) is 6.67. The number of nitrogens with zero attached hydrogens (tertiary/aromatic N) is 1. The van der Waals surface area contributed by atoms with Gasteiger partial charge in [0, 0.05) is 17.1 Å². The van der Waals surface area contributed by atoms with Crippen molar-refractivity contribution in [3.05, 3.63) is 72.9 Å². The Morgan fingerprint density at radius 2 is 1.64 bits per heavy atom. The molecule has 110 valence electrons. The van der Waals surface area contributed by atoms with Gasteiger partial charge in [0.15, 0.2) is 0 Å². The molecule has 3 aromatic rings. The molecule has 0 radical (unpaired) electrons. The van der Waals surface area contributed by atoms with Crippen molar-refractivity contribution >= 4 is 16.5 Å². The quantitative estimate of drug-likeness (QED) is 0.611. The molecule has 1 heterocycles. The SMILES string of the molecule is C=C(c1ccccc1-c1cnc2ccccc2c1)C(F)(F)F. The van der Waals surface area contributed by atoms with E-state index in [4.69, 9.17) is 0 Å². The molecular weight excluding hydrogens is 287 g/mol. The summed E-state index contributed by atoms with van der Waals surface area (Å²) in [7, 11) is 0. The molecular formula is C18H12F3N. The minimum atomic E-state index is -4.46. The van der Waals surface area contributed by atoms with Gasteiger partial charge in [0.05, 0.1) is 11.1 Å². The summed E-state index contributed by atoms with van der Waals surface area (Å²) < 4.78 is 38.9. The Labute approximate surface area is 125 Å². The summed E-state index contributed by atoms with van der Waals surface area (Å²) in [6.07, 6.45) is -2.87. The number of alkyl halides is 3. The van der Waals surface area contributed by atoms with Crippen LogP contribution in [0.2, 0.25) is 0 Å². The van der Waals surface area contributed by atoms with Gasteiger partial charge in [-0.25, -0.2) is 0 Å². The van der Waals surface area contributed by atoms with Crippen molar-refractivity contribution in [1.29, 1.82) is 0 Å². The lowest BCUT2D eigenvalue weighted by Gasteiger charge is -2.15. The second-order valence-corrected chi connectivity index (χ2v) is 4.94. The smallest absolute Gasteiger partial charge is 0.256 e. The minimum Gasteiger partial charge on any atom is -0.256 e. The zero-order chi connectivity index (χ0) is 15.7. The zero-order valence-electron chi connectivity index (χ0n) is 11.6. The molecule has 0 aliphatic heterocycles. The van der Waals surface area contributed by atoms with E-state index in [-0.39, 0.29) is 5.56 Å². The molecule has 0 spiro atoms. The van der Waals surface area contributed by atoms with Gasteiger partial charge < -0.3 is 0 Å². The molecule has 0 aliphatic carbocycles. The highest BCUT2D eigenvalue weighted by molar-refractivity contribution is 5.87. The normalized spacial score (nSPS) is 11.6. The van der Waals surface area contributed by atoms with Crippen LogP contribution in [0.25, 0.3) is 27.6 Å². The minimum absolute atomic E-state index is 0.0760. The lowest BCUT2D eigenvalue weighted by Crippen LogP contribution is -2.10. The van der Waals surface area contributed by atoms with Crippen LogP contribution in [0.4, 0.5) is 13.2 Å². The van der Waals surface area contributed by atoms with E-state index in [0.29, 0.717) is 11.1 Å². The topological polar surface area (TPSA) is 12.9 Å². The summed E-state index contributed by atoms with van der Waals surface area (Å²) >= 11 is 0. The summed E-state index contributed by atoms with van der Waals surface area (Å²) in [5.41, 5.74) is 1.14. The van der Waals surface area contributed by atoms with Crippen LogP contribution in [0.1, 0.15) is 5.56 Å². The number of halogens is 3. The second kappa shape index (κ2) is 5.30. The number of allylic oxidation sites excluding steroid dienone is 1. The molecule has 0 N–H and O–H groups in total. The van der Waals surface area contributed by atoms with Gasteiger partial charge in [-0.15, -0.1) is 0 Å². The Kier molecular flexibility index (Phi) is 3.45. The maximum atomic E-state index is 13.0. The number of para-hydroxylation sites is 1. The molecule has 2 aromatic carbocycles. The van der Waals surface area contributed by atoms with E-state index in [9.17, 15) is 13.2 Å². The first kappa shape index (κ1) is 14.3. The predicted octanol–water partition coefficient (Wildman–Crippen LogP) is 5.48. The third-order valence-corrected chi connectivity index (χ3v) is 3.50. The van der Waals surface area contributed by atoms with Crippen molar-refractivity contribution in [3.63, 3.8) is 0 Å². The second-order valence-electron chi connectivity index (χ2n) is 4.94. The van der Waals surface area contributed by atoms with Gasteiger partial charge in [-0.2, -0.15) is 13.2 Å². The molecule has 22 heavy (non-hydrogen) atoms. The molecule has 0 unspecified atom stereocenters. The van der Waals surface area contributed by atoms with E-state index in [1.54, 1.807) is 24.4 Å². The third kappa shape index (κ3) is 2.60. The molecule has 0 saturated heterocycles. The van der Waals surface area contributed by atoms with Crippen molar-refractivity contribution in [2.24, 2.45) is 0 Å². The summed E-state index contributed by atoms with van der Waals surface area (Å²) in [4.78, 5) is 4.31. The number of rotatable bonds is 2. The molecule has 3 rings (SSSR count). The number of hydrogen-bond donors (Lipinski definition) is 0. The first-order valence-electron chi connectivity index (χ1n) is 6.67. The molecule has 1 aromatic heterocycles. The highest BCUT2D eigenvalue weighted by Gasteiger charge is 2.34. The number of hydrogen-bond acceptors (Lipinski definition) is 1. The summed E-state index contributed by atoms with van der Waals surface area (Å²) in [5, 5.41) is 0.882. The van der Waals surface area contributed by atoms with Gasteiger partial charge >= 0.3 is 6.18 Å². The van der Waals surface area contributed by atoms with Crippen molar-refractivity contribution in [3.8, 4) is 11.1 Å². The van der Waals surface area contributed by atoms with Gasteiger partial charge in [-0.3, -0.25) is 4.98 Å². The largest absolute Gasteiger partial charge is 0.416 e. The van der Waals surface area contributed by atoms with Crippen molar-refractivity contribution in [2.75, 3.05) is 0 Å². The van der Waals surface area contributed by atoms with E-state index in [1.807, 2.05) is 30.3 Å². The molecule has 0 aliphatic rings. The molecule has 0 saturated carbocycles. The van der Waals surface area contributed by atoms with Gasteiger partial charge in [-0.05, 0) is 23.3 Å². The molecule has 0 atom stereocenters. The number of pyridine rings is 1. The Balaban J connectivity index is 2.17. The van der Waals surface area contributed by atoms with E-state index >= 15 is 0 Å². The van der Waals surface area contributed by atoms with Crippen molar-refractivity contribution in [2.45, 2.75) is 6.18 Å². The number of fused-ring (bicyclic) bond motifs is 1. The van der Waals surface area contributed by atoms with Crippen LogP contribution < -0.4 is 0 Å². The summed E-state index contributed by atoms with van der Waals surface area (Å²) in [6.45, 7) is 3.20. The van der Waals surface area contributed by atoms with Gasteiger partial charge in [0.2, 0.25) is 0 Å². The summed E-state index contributed by atoms with van der Waals surface area (Å²) in [6, 6.07) is 15.7. The molecule has 0 fully saturated rings. The van der Waals surface area contributed by atoms with Crippen LogP contribution in [-0.2, 0) is 0 Å². The molecule has 0 bridgehead atoms. The molecule has 4 heteroatoms. The summed E-state index contributed by atoms with van der Waals surface area (Å²) in [5.74, 6) is 0. The van der Waals surface area contributed by atoms with E-state index < -0.39 is 11.7 Å². The van der Waals surface area contributed by atoms with Crippen molar-refractivity contribution in [1.82, 2.24) is 4.98 Å². The van der Waals surface area contributed by atoms with E-state index in [2.05, 4.69) is 11.6 Å². The van der Waals surface area contributed by atoms with Crippen LogP contribution in [0.3, 0.4) is 0 Å².